The van der Waals surface area contributed by atoms with E-state index in [9.17, 15) is 13.6 Å². The summed E-state index contributed by atoms with van der Waals surface area (Å²) in [5, 5.41) is 7.38. The molecule has 35 heavy (non-hydrogen) atoms. The van der Waals surface area contributed by atoms with Crippen LogP contribution in [0, 0.1) is 5.82 Å². The number of nitrogens with one attached hydrogen (secondary N) is 2. The summed E-state index contributed by atoms with van der Waals surface area (Å²) in [6.45, 7) is -0.748. The van der Waals surface area contributed by atoms with E-state index < -0.39 is 24.1 Å². The Balaban J connectivity index is 1.62. The highest BCUT2D eigenvalue weighted by atomic mass is 35.5. The number of aromatic nitrogens is 2. The fourth-order valence-corrected chi connectivity index (χ4v) is 4.34. The summed E-state index contributed by atoms with van der Waals surface area (Å²) in [6.07, 6.45) is 1.26. The first-order valence-corrected chi connectivity index (χ1v) is 11.6. The van der Waals surface area contributed by atoms with Gasteiger partial charge in [0.15, 0.2) is 17.4 Å². The van der Waals surface area contributed by atoms with E-state index >= 15 is 4.39 Å². The van der Waals surface area contributed by atoms with Crippen molar-refractivity contribution in [1.29, 1.82) is 0 Å². The van der Waals surface area contributed by atoms with Gasteiger partial charge < -0.3 is 30.9 Å². The number of hydrogen-bond donors (Lipinski definition) is 3. The van der Waals surface area contributed by atoms with Crippen LogP contribution in [0.1, 0.15) is 9.67 Å². The van der Waals surface area contributed by atoms with Gasteiger partial charge in [-0.25, -0.2) is 9.37 Å². The van der Waals surface area contributed by atoms with Gasteiger partial charge in [-0.2, -0.15) is 13.8 Å². The molecule has 14 heteroatoms. The second-order valence-corrected chi connectivity index (χ2v) is 8.94. The SMILES string of the molecule is CN1CCN(c2ccc(Nc3ncc(Cl)c(Nc4ccsc4C(N)=O)n3)c(OC(F)F)c2F)CC1. The number of ether oxygens (including phenoxy) is 1. The third kappa shape index (κ3) is 5.69. The quantitative estimate of drug-likeness (QED) is 0.398. The highest BCUT2D eigenvalue weighted by Gasteiger charge is 2.24. The lowest BCUT2D eigenvalue weighted by Gasteiger charge is -2.34. The zero-order valence-electron chi connectivity index (χ0n) is 18.4. The maximum atomic E-state index is 15.3. The Labute approximate surface area is 207 Å². The number of amides is 1. The minimum absolute atomic E-state index is 0.0707. The number of primary amides is 1. The maximum Gasteiger partial charge on any atom is 0.387 e. The molecule has 186 valence electrons. The molecule has 3 aromatic rings. The van der Waals surface area contributed by atoms with Crippen LogP contribution >= 0.6 is 22.9 Å². The molecule has 0 unspecified atom stereocenters. The Morgan fingerprint density at radius 1 is 1.20 bits per heavy atom. The molecule has 2 aromatic heterocycles. The number of likely N-dealkylation sites (N-methyl/N-ethyl adjacent to an activating group) is 1. The number of carbonyl (C=O) groups is 1. The Morgan fingerprint density at radius 2 is 1.94 bits per heavy atom. The summed E-state index contributed by atoms with van der Waals surface area (Å²) in [5.41, 5.74) is 5.82. The van der Waals surface area contributed by atoms with Gasteiger partial charge in [-0.1, -0.05) is 11.6 Å². The van der Waals surface area contributed by atoms with E-state index in [1.807, 2.05) is 7.05 Å². The second-order valence-electron chi connectivity index (χ2n) is 7.61. The van der Waals surface area contributed by atoms with Gasteiger partial charge in [-0.15, -0.1) is 11.3 Å². The zero-order chi connectivity index (χ0) is 25.1. The normalized spacial score (nSPS) is 14.3. The molecular formula is C21H21ClF3N7O2S. The molecule has 1 aliphatic heterocycles. The number of carbonyl (C=O) groups excluding carboxylic acids is 1. The second kappa shape index (κ2) is 10.5. The van der Waals surface area contributed by atoms with E-state index in [0.717, 1.165) is 11.3 Å². The van der Waals surface area contributed by atoms with Crippen molar-refractivity contribution in [2.75, 3.05) is 48.8 Å². The molecular weight excluding hydrogens is 507 g/mol. The number of benzene rings is 1. The van der Waals surface area contributed by atoms with Crippen LogP contribution in [0.2, 0.25) is 5.02 Å². The van der Waals surface area contributed by atoms with Crippen molar-refractivity contribution < 1.29 is 22.7 Å². The molecule has 9 nitrogen and oxygen atoms in total. The molecule has 0 atom stereocenters. The summed E-state index contributed by atoms with van der Waals surface area (Å²) in [6, 6.07) is 4.53. The molecule has 4 N–H and O–H groups in total. The van der Waals surface area contributed by atoms with Gasteiger partial charge in [0.1, 0.15) is 9.90 Å². The molecule has 4 rings (SSSR count). The Hall–Kier alpha value is -3.29. The van der Waals surface area contributed by atoms with Crippen molar-refractivity contribution in [2.24, 2.45) is 5.73 Å². The monoisotopic (exact) mass is 527 g/mol. The molecule has 1 fully saturated rings. The van der Waals surface area contributed by atoms with Crippen LogP contribution in [-0.4, -0.2) is 60.6 Å². The van der Waals surface area contributed by atoms with Crippen LogP contribution in [0.5, 0.6) is 5.75 Å². The minimum Gasteiger partial charge on any atom is -0.429 e. The smallest absolute Gasteiger partial charge is 0.387 e. The van der Waals surface area contributed by atoms with Crippen LogP contribution in [0.15, 0.2) is 29.8 Å². The molecule has 0 radical (unpaired) electrons. The van der Waals surface area contributed by atoms with Gasteiger partial charge in [-0.3, -0.25) is 4.79 Å². The first kappa shape index (κ1) is 24.8. The van der Waals surface area contributed by atoms with Crippen molar-refractivity contribution in [1.82, 2.24) is 14.9 Å². The Kier molecular flexibility index (Phi) is 7.48. The van der Waals surface area contributed by atoms with Crippen LogP contribution in [-0.2, 0) is 0 Å². The van der Waals surface area contributed by atoms with E-state index in [1.165, 1.54) is 18.3 Å². The van der Waals surface area contributed by atoms with E-state index in [-0.39, 0.29) is 33.0 Å². The van der Waals surface area contributed by atoms with Crippen molar-refractivity contribution in [3.8, 4) is 5.75 Å². The molecule has 0 saturated carbocycles. The van der Waals surface area contributed by atoms with Crippen molar-refractivity contribution in [3.05, 3.63) is 45.5 Å². The number of thiophene rings is 1. The van der Waals surface area contributed by atoms with Crippen molar-refractivity contribution in [3.63, 3.8) is 0 Å². The van der Waals surface area contributed by atoms with E-state index in [2.05, 4.69) is 30.2 Å². The van der Waals surface area contributed by atoms with Crippen LogP contribution in [0.25, 0.3) is 0 Å². The number of nitrogens with zero attached hydrogens (tertiary/aromatic N) is 4. The Bertz CT molecular complexity index is 1220. The van der Waals surface area contributed by atoms with Crippen molar-refractivity contribution >= 4 is 57.7 Å². The Morgan fingerprint density at radius 3 is 2.63 bits per heavy atom. The molecule has 0 bridgehead atoms. The van der Waals surface area contributed by atoms with Crippen molar-refractivity contribution in [2.45, 2.75) is 6.61 Å². The topological polar surface area (TPSA) is 109 Å². The van der Waals surface area contributed by atoms with E-state index in [0.29, 0.717) is 31.9 Å². The van der Waals surface area contributed by atoms with E-state index in [4.69, 9.17) is 17.3 Å². The van der Waals surface area contributed by atoms with Gasteiger partial charge in [0.2, 0.25) is 5.95 Å². The summed E-state index contributed by atoms with van der Waals surface area (Å²) in [4.78, 5) is 24.0. The summed E-state index contributed by atoms with van der Waals surface area (Å²) in [5.74, 6) is -2.15. The summed E-state index contributed by atoms with van der Waals surface area (Å²) in [7, 11) is 1.95. The lowest BCUT2D eigenvalue weighted by molar-refractivity contribution is -0.0516. The predicted octanol–water partition coefficient (Wildman–Crippen LogP) is 4.27. The highest BCUT2D eigenvalue weighted by molar-refractivity contribution is 7.12. The predicted molar refractivity (Wildman–Crippen MR) is 129 cm³/mol. The first-order chi connectivity index (χ1) is 16.7. The van der Waals surface area contributed by atoms with Gasteiger partial charge in [0.05, 0.1) is 23.3 Å². The maximum absolute atomic E-state index is 15.3. The summed E-state index contributed by atoms with van der Waals surface area (Å²) >= 11 is 7.31. The fraction of sp³-hybridized carbons (Fsp3) is 0.286. The number of rotatable bonds is 8. The highest BCUT2D eigenvalue weighted by Crippen LogP contribution is 2.38. The molecule has 3 heterocycles. The minimum atomic E-state index is -3.25. The fourth-order valence-electron chi connectivity index (χ4n) is 3.50. The number of piperazine rings is 1. The molecule has 1 aliphatic rings. The third-order valence-electron chi connectivity index (χ3n) is 5.26. The van der Waals surface area contributed by atoms with Gasteiger partial charge in [0, 0.05) is 26.2 Å². The molecule has 1 amide bonds. The first-order valence-electron chi connectivity index (χ1n) is 10.4. The van der Waals surface area contributed by atoms with Gasteiger partial charge in [0.25, 0.3) is 5.91 Å². The van der Waals surface area contributed by atoms with Crippen LogP contribution in [0.3, 0.4) is 0 Å². The molecule has 1 aromatic carbocycles. The number of alkyl halides is 2. The molecule has 0 aliphatic carbocycles. The largest absolute Gasteiger partial charge is 0.429 e. The average Bonchev–Trinajstić information content (AvgIpc) is 3.28. The van der Waals surface area contributed by atoms with Gasteiger partial charge >= 0.3 is 6.61 Å². The summed E-state index contributed by atoms with van der Waals surface area (Å²) < 4.78 is 46.1. The van der Waals surface area contributed by atoms with E-state index in [1.54, 1.807) is 16.3 Å². The lowest BCUT2D eigenvalue weighted by atomic mass is 10.2. The number of nitrogens with two attached hydrogens (primary N) is 1. The van der Waals surface area contributed by atoms with Crippen LogP contribution in [0.4, 0.5) is 42.0 Å². The number of anilines is 5. The molecule has 0 spiro atoms. The van der Waals surface area contributed by atoms with Gasteiger partial charge in [-0.05, 0) is 30.6 Å². The van der Waals surface area contributed by atoms with Crippen LogP contribution < -0.4 is 26.0 Å². The third-order valence-corrected chi connectivity index (χ3v) is 6.47. The zero-order valence-corrected chi connectivity index (χ0v) is 20.0. The number of hydrogen-bond acceptors (Lipinski definition) is 9. The number of halogens is 4. The molecule has 1 saturated heterocycles. The lowest BCUT2D eigenvalue weighted by Crippen LogP contribution is -2.44. The average molecular weight is 528 g/mol. The standard InChI is InChI=1S/C21H21ClF3N7O2S/c1-31-5-7-32(8-6-31)14-3-2-12(16(15(14)23)34-20(24)25)29-21-27-10-11(22)19(30-21)28-13-4-9-35-17(13)18(26)33/h2-4,9-10,20H,5-8H2,1H3,(H2,26,33)(H2,27,28,29,30).